The van der Waals surface area contributed by atoms with Crippen LogP contribution in [0.2, 0.25) is 0 Å². The molecule has 0 aliphatic carbocycles. The number of hydrogen-bond acceptors (Lipinski definition) is 3. The Morgan fingerprint density at radius 1 is 1.36 bits per heavy atom. The monoisotopic (exact) mass is 202 g/mol. The smallest absolute Gasteiger partial charge is 0.0596 e. The second-order valence-corrected chi connectivity index (χ2v) is 4.23. The second kappa shape index (κ2) is 8.21. The summed E-state index contributed by atoms with van der Waals surface area (Å²) in [4.78, 5) is 2.24. The van der Waals surface area contributed by atoms with Crippen molar-refractivity contribution in [2.24, 2.45) is 5.73 Å². The molecule has 0 radical (unpaired) electrons. The predicted molar refractivity (Wildman–Crippen MR) is 61.5 cm³/mol. The van der Waals surface area contributed by atoms with Gasteiger partial charge >= 0.3 is 0 Å². The standard InChI is InChI=1S/C11H26N2O/c1-5-6-11(12)9-13(4)7-8-14-10(2)3/h10-11H,5-9,12H2,1-4H3. The fourth-order valence-electron chi connectivity index (χ4n) is 1.40. The Morgan fingerprint density at radius 3 is 2.50 bits per heavy atom. The van der Waals surface area contributed by atoms with Crippen molar-refractivity contribution >= 4 is 0 Å². The topological polar surface area (TPSA) is 38.5 Å². The van der Waals surface area contributed by atoms with E-state index < -0.39 is 0 Å². The van der Waals surface area contributed by atoms with Gasteiger partial charge < -0.3 is 15.4 Å². The van der Waals surface area contributed by atoms with Crippen LogP contribution >= 0.6 is 0 Å². The average Bonchev–Trinajstić information content (AvgIpc) is 2.03. The van der Waals surface area contributed by atoms with Crippen LogP contribution in [0.15, 0.2) is 0 Å². The lowest BCUT2D eigenvalue weighted by Gasteiger charge is -2.21. The Hall–Kier alpha value is -0.120. The lowest BCUT2D eigenvalue weighted by atomic mass is 10.2. The normalized spacial score (nSPS) is 13.9. The highest BCUT2D eigenvalue weighted by atomic mass is 16.5. The molecule has 0 fully saturated rings. The van der Waals surface area contributed by atoms with Crippen molar-refractivity contribution in [3.63, 3.8) is 0 Å². The highest BCUT2D eigenvalue weighted by Crippen LogP contribution is 1.96. The van der Waals surface area contributed by atoms with Crippen molar-refractivity contribution in [1.29, 1.82) is 0 Å². The van der Waals surface area contributed by atoms with E-state index >= 15 is 0 Å². The molecule has 86 valence electrons. The largest absolute Gasteiger partial charge is 0.377 e. The molecule has 0 aliphatic rings. The van der Waals surface area contributed by atoms with Crippen molar-refractivity contribution in [2.45, 2.75) is 45.8 Å². The van der Waals surface area contributed by atoms with Gasteiger partial charge in [-0.15, -0.1) is 0 Å². The maximum Gasteiger partial charge on any atom is 0.0596 e. The first-order valence-corrected chi connectivity index (χ1v) is 5.62. The second-order valence-electron chi connectivity index (χ2n) is 4.23. The molecule has 0 aliphatic heterocycles. The Kier molecular flexibility index (Phi) is 8.14. The van der Waals surface area contributed by atoms with E-state index in [1.165, 1.54) is 0 Å². The van der Waals surface area contributed by atoms with Crippen molar-refractivity contribution in [2.75, 3.05) is 26.7 Å². The maximum atomic E-state index is 5.93. The number of nitrogens with two attached hydrogens (primary N) is 1. The molecule has 0 bridgehead atoms. The van der Waals surface area contributed by atoms with Crippen LogP contribution in [0.1, 0.15) is 33.6 Å². The zero-order valence-electron chi connectivity index (χ0n) is 10.1. The summed E-state index contributed by atoms with van der Waals surface area (Å²) < 4.78 is 5.47. The molecular weight excluding hydrogens is 176 g/mol. The summed E-state index contributed by atoms with van der Waals surface area (Å²) in [6, 6.07) is 0.309. The number of rotatable bonds is 8. The lowest BCUT2D eigenvalue weighted by Crippen LogP contribution is -2.37. The van der Waals surface area contributed by atoms with E-state index in [4.69, 9.17) is 10.5 Å². The van der Waals surface area contributed by atoms with Gasteiger partial charge in [0.15, 0.2) is 0 Å². The molecule has 0 amide bonds. The number of nitrogens with zero attached hydrogens (tertiary/aromatic N) is 1. The van der Waals surface area contributed by atoms with E-state index in [1.807, 2.05) is 0 Å². The predicted octanol–water partition coefficient (Wildman–Crippen LogP) is 1.47. The van der Waals surface area contributed by atoms with E-state index in [2.05, 4.69) is 32.7 Å². The van der Waals surface area contributed by atoms with Gasteiger partial charge in [0.05, 0.1) is 12.7 Å². The van der Waals surface area contributed by atoms with Gasteiger partial charge in [-0.1, -0.05) is 13.3 Å². The van der Waals surface area contributed by atoms with Crippen LogP contribution in [0, 0.1) is 0 Å². The number of ether oxygens (including phenoxy) is 1. The molecule has 0 aromatic heterocycles. The van der Waals surface area contributed by atoms with E-state index in [0.717, 1.165) is 32.5 Å². The van der Waals surface area contributed by atoms with Crippen LogP contribution in [0.4, 0.5) is 0 Å². The summed E-state index contributed by atoms with van der Waals surface area (Å²) in [6.07, 6.45) is 2.60. The molecule has 1 atom stereocenters. The molecule has 0 aromatic carbocycles. The Morgan fingerprint density at radius 2 is 2.00 bits per heavy atom. The zero-order chi connectivity index (χ0) is 11.0. The SMILES string of the molecule is CCCC(N)CN(C)CCOC(C)C. The highest BCUT2D eigenvalue weighted by molar-refractivity contribution is 4.65. The quantitative estimate of drug-likeness (QED) is 0.648. The molecule has 2 N–H and O–H groups in total. The molecule has 0 spiro atoms. The van der Waals surface area contributed by atoms with Gasteiger partial charge in [0.1, 0.15) is 0 Å². The molecule has 3 nitrogen and oxygen atoms in total. The fraction of sp³-hybridized carbons (Fsp3) is 1.00. The van der Waals surface area contributed by atoms with Crippen LogP contribution in [0.25, 0.3) is 0 Å². The van der Waals surface area contributed by atoms with Crippen molar-refractivity contribution in [3.05, 3.63) is 0 Å². The third-order valence-electron chi connectivity index (χ3n) is 2.13. The molecule has 3 heteroatoms. The molecule has 14 heavy (non-hydrogen) atoms. The summed E-state index contributed by atoms with van der Waals surface area (Å²) in [5.41, 5.74) is 5.93. The van der Waals surface area contributed by atoms with Crippen molar-refractivity contribution in [3.8, 4) is 0 Å². The van der Waals surface area contributed by atoms with Gasteiger partial charge in [-0.25, -0.2) is 0 Å². The summed E-state index contributed by atoms with van der Waals surface area (Å²) in [6.45, 7) is 9.02. The van der Waals surface area contributed by atoms with Crippen molar-refractivity contribution in [1.82, 2.24) is 4.90 Å². The molecule has 0 saturated heterocycles. The minimum absolute atomic E-state index is 0.309. The molecule has 1 unspecified atom stereocenters. The number of likely N-dealkylation sites (N-methyl/N-ethyl adjacent to an activating group) is 1. The summed E-state index contributed by atoms with van der Waals surface area (Å²) in [7, 11) is 2.10. The van der Waals surface area contributed by atoms with Gasteiger partial charge in [-0.05, 0) is 27.3 Å². The van der Waals surface area contributed by atoms with Crippen LogP contribution in [-0.4, -0.2) is 43.8 Å². The minimum atomic E-state index is 0.309. The van der Waals surface area contributed by atoms with Gasteiger partial charge in [0.2, 0.25) is 0 Å². The first-order chi connectivity index (χ1) is 6.56. The Balaban J connectivity index is 3.39. The van der Waals surface area contributed by atoms with Gasteiger partial charge in [-0.2, -0.15) is 0 Å². The van der Waals surface area contributed by atoms with E-state index in [-0.39, 0.29) is 0 Å². The summed E-state index contributed by atoms with van der Waals surface area (Å²) in [5.74, 6) is 0. The summed E-state index contributed by atoms with van der Waals surface area (Å²) in [5, 5.41) is 0. The maximum absolute atomic E-state index is 5.93. The van der Waals surface area contributed by atoms with E-state index in [1.54, 1.807) is 0 Å². The van der Waals surface area contributed by atoms with Crippen molar-refractivity contribution < 1.29 is 4.74 Å². The first-order valence-electron chi connectivity index (χ1n) is 5.62. The van der Waals surface area contributed by atoms with E-state index in [9.17, 15) is 0 Å². The highest BCUT2D eigenvalue weighted by Gasteiger charge is 2.05. The third-order valence-corrected chi connectivity index (χ3v) is 2.13. The van der Waals surface area contributed by atoms with E-state index in [0.29, 0.717) is 12.1 Å². The minimum Gasteiger partial charge on any atom is -0.377 e. The van der Waals surface area contributed by atoms with Gasteiger partial charge in [0.25, 0.3) is 0 Å². The number of hydrogen-bond donors (Lipinski definition) is 1. The summed E-state index contributed by atoms with van der Waals surface area (Å²) >= 11 is 0. The molecule has 0 aromatic rings. The molecular formula is C11H26N2O. The average molecular weight is 202 g/mol. The van der Waals surface area contributed by atoms with Crippen LogP contribution in [0.3, 0.4) is 0 Å². The Labute approximate surface area is 88.6 Å². The zero-order valence-corrected chi connectivity index (χ0v) is 10.1. The van der Waals surface area contributed by atoms with Crippen LogP contribution in [-0.2, 0) is 4.74 Å². The molecule has 0 saturated carbocycles. The van der Waals surface area contributed by atoms with Gasteiger partial charge in [-0.3, -0.25) is 0 Å². The molecule has 0 heterocycles. The van der Waals surface area contributed by atoms with Crippen LogP contribution < -0.4 is 5.73 Å². The van der Waals surface area contributed by atoms with Gasteiger partial charge in [0, 0.05) is 19.1 Å². The first kappa shape index (κ1) is 13.9. The lowest BCUT2D eigenvalue weighted by molar-refractivity contribution is 0.0628. The fourth-order valence-corrected chi connectivity index (χ4v) is 1.40. The Bertz CT molecular complexity index is 128. The molecule has 0 rings (SSSR count). The third kappa shape index (κ3) is 8.48. The van der Waals surface area contributed by atoms with Crippen LogP contribution in [0.5, 0.6) is 0 Å².